The molecule has 0 spiro atoms. The lowest BCUT2D eigenvalue weighted by Crippen LogP contribution is -2.10. The second-order valence-corrected chi connectivity index (χ2v) is 3.04. The van der Waals surface area contributed by atoms with Crippen molar-refractivity contribution in [2.24, 2.45) is 0 Å². The number of hydrogen-bond donors (Lipinski definition) is 1. The third kappa shape index (κ3) is 1.91. The van der Waals surface area contributed by atoms with Crippen LogP contribution in [0.4, 0.5) is 0 Å². The number of ether oxygens (including phenoxy) is 1. The number of carbonyl (C=O) groups excluding carboxylic acids is 1. The number of rotatable bonds is 4. The van der Waals surface area contributed by atoms with Crippen LogP contribution in [0.25, 0.3) is 0 Å². The van der Waals surface area contributed by atoms with Gasteiger partial charge in [0.15, 0.2) is 6.10 Å². The predicted octanol–water partition coefficient (Wildman–Crippen LogP) is 2.10. The second-order valence-electron chi connectivity index (χ2n) is 3.04. The van der Waals surface area contributed by atoms with E-state index in [4.69, 9.17) is 4.74 Å². The van der Waals surface area contributed by atoms with Gasteiger partial charge in [0.1, 0.15) is 5.76 Å². The molecule has 72 valence electrons. The van der Waals surface area contributed by atoms with Gasteiger partial charge in [-0.1, -0.05) is 19.4 Å². The SMILES string of the molecule is C=CCC1=C(O)[C@H](CCC)OC1=O. The number of allylic oxidation sites excluding steroid dienone is 1. The van der Waals surface area contributed by atoms with E-state index >= 15 is 0 Å². The van der Waals surface area contributed by atoms with Crippen LogP contribution in [0.3, 0.4) is 0 Å². The number of cyclic esters (lactones) is 1. The Morgan fingerprint density at radius 3 is 2.92 bits per heavy atom. The summed E-state index contributed by atoms with van der Waals surface area (Å²) in [4.78, 5) is 11.2. The Kier molecular flexibility index (Phi) is 3.12. The molecule has 1 heterocycles. The van der Waals surface area contributed by atoms with Gasteiger partial charge in [-0.05, 0) is 6.42 Å². The van der Waals surface area contributed by atoms with Crippen LogP contribution in [0, 0.1) is 0 Å². The summed E-state index contributed by atoms with van der Waals surface area (Å²) in [7, 11) is 0. The molecule has 1 aliphatic rings. The van der Waals surface area contributed by atoms with Gasteiger partial charge < -0.3 is 9.84 Å². The molecule has 0 fully saturated rings. The van der Waals surface area contributed by atoms with Crippen molar-refractivity contribution < 1.29 is 14.6 Å². The fourth-order valence-electron chi connectivity index (χ4n) is 1.35. The highest BCUT2D eigenvalue weighted by molar-refractivity contribution is 5.91. The number of aliphatic hydroxyl groups is 1. The van der Waals surface area contributed by atoms with E-state index in [1.165, 1.54) is 0 Å². The molecular formula is C10H14O3. The summed E-state index contributed by atoms with van der Waals surface area (Å²) in [5.74, 6) is -0.317. The van der Waals surface area contributed by atoms with E-state index in [0.29, 0.717) is 18.4 Å². The molecule has 0 unspecified atom stereocenters. The van der Waals surface area contributed by atoms with Crippen molar-refractivity contribution in [1.29, 1.82) is 0 Å². The van der Waals surface area contributed by atoms with Crippen LogP contribution in [-0.2, 0) is 9.53 Å². The highest BCUT2D eigenvalue weighted by Crippen LogP contribution is 2.25. The van der Waals surface area contributed by atoms with Gasteiger partial charge in [-0.2, -0.15) is 0 Å². The molecule has 3 heteroatoms. The maximum atomic E-state index is 11.2. The van der Waals surface area contributed by atoms with Crippen molar-refractivity contribution in [2.75, 3.05) is 0 Å². The molecular weight excluding hydrogens is 168 g/mol. The van der Waals surface area contributed by atoms with Gasteiger partial charge in [-0.15, -0.1) is 6.58 Å². The van der Waals surface area contributed by atoms with Crippen molar-refractivity contribution in [3.63, 3.8) is 0 Å². The quantitative estimate of drug-likeness (QED) is 0.535. The van der Waals surface area contributed by atoms with Crippen LogP contribution >= 0.6 is 0 Å². The molecule has 1 N–H and O–H groups in total. The van der Waals surface area contributed by atoms with Crippen molar-refractivity contribution in [1.82, 2.24) is 0 Å². The fourth-order valence-corrected chi connectivity index (χ4v) is 1.35. The number of esters is 1. The summed E-state index contributed by atoms with van der Waals surface area (Å²) in [6, 6.07) is 0. The van der Waals surface area contributed by atoms with Gasteiger partial charge in [0.05, 0.1) is 5.57 Å². The third-order valence-electron chi connectivity index (χ3n) is 2.01. The second kappa shape index (κ2) is 4.12. The zero-order valence-electron chi connectivity index (χ0n) is 7.75. The zero-order valence-corrected chi connectivity index (χ0v) is 7.75. The fraction of sp³-hybridized carbons (Fsp3) is 0.500. The third-order valence-corrected chi connectivity index (χ3v) is 2.01. The maximum Gasteiger partial charge on any atom is 0.338 e. The van der Waals surface area contributed by atoms with E-state index in [9.17, 15) is 9.90 Å². The standard InChI is InChI=1S/C10H14O3/c1-3-5-7-9(11)8(6-4-2)13-10(7)12/h3,8,11H,1,4-6H2,2H3/t8-/m0/s1. The first kappa shape index (κ1) is 9.84. The Balaban J connectivity index is 2.76. The van der Waals surface area contributed by atoms with Crippen LogP contribution in [-0.4, -0.2) is 17.2 Å². The Bertz CT molecular complexity index is 253. The minimum Gasteiger partial charge on any atom is -0.508 e. The lowest BCUT2D eigenvalue weighted by Gasteiger charge is -2.07. The monoisotopic (exact) mass is 182 g/mol. The molecule has 3 nitrogen and oxygen atoms in total. The highest BCUT2D eigenvalue weighted by Gasteiger charge is 2.32. The first-order chi connectivity index (χ1) is 6.20. The largest absolute Gasteiger partial charge is 0.508 e. The minimum absolute atomic E-state index is 0.0896. The van der Waals surface area contributed by atoms with Gasteiger partial charge in [0.25, 0.3) is 0 Å². The van der Waals surface area contributed by atoms with Crippen molar-refractivity contribution in [3.8, 4) is 0 Å². The number of aliphatic hydroxyl groups excluding tert-OH is 1. The highest BCUT2D eigenvalue weighted by atomic mass is 16.6. The molecule has 1 aliphatic heterocycles. The van der Waals surface area contributed by atoms with Gasteiger partial charge in [0, 0.05) is 6.42 Å². The Labute approximate surface area is 77.7 Å². The molecule has 1 atom stereocenters. The summed E-state index contributed by atoms with van der Waals surface area (Å²) in [6.07, 6.45) is 3.10. The summed E-state index contributed by atoms with van der Waals surface area (Å²) in [5.41, 5.74) is 0.355. The lowest BCUT2D eigenvalue weighted by molar-refractivity contribution is -0.140. The maximum absolute atomic E-state index is 11.2. The van der Waals surface area contributed by atoms with E-state index in [1.807, 2.05) is 6.92 Å². The van der Waals surface area contributed by atoms with Gasteiger partial charge in [0.2, 0.25) is 0 Å². The average Bonchev–Trinajstić information content (AvgIpc) is 2.34. The van der Waals surface area contributed by atoms with E-state index in [0.717, 1.165) is 6.42 Å². The smallest absolute Gasteiger partial charge is 0.338 e. The molecule has 0 radical (unpaired) electrons. The van der Waals surface area contributed by atoms with Crippen molar-refractivity contribution in [3.05, 3.63) is 24.0 Å². The molecule has 0 aliphatic carbocycles. The van der Waals surface area contributed by atoms with Gasteiger partial charge >= 0.3 is 5.97 Å². The lowest BCUT2D eigenvalue weighted by atomic mass is 10.1. The zero-order chi connectivity index (χ0) is 9.84. The molecule has 0 bridgehead atoms. The van der Waals surface area contributed by atoms with Gasteiger partial charge in [-0.3, -0.25) is 0 Å². The number of hydrogen-bond acceptors (Lipinski definition) is 3. The molecule has 0 aromatic carbocycles. The van der Waals surface area contributed by atoms with E-state index in [-0.39, 0.29) is 5.76 Å². The van der Waals surface area contributed by atoms with Crippen LogP contribution in [0.2, 0.25) is 0 Å². The summed E-state index contributed by atoms with van der Waals surface area (Å²) in [5, 5.41) is 9.57. The summed E-state index contributed by atoms with van der Waals surface area (Å²) >= 11 is 0. The first-order valence-corrected chi connectivity index (χ1v) is 4.44. The molecule has 0 amide bonds. The van der Waals surface area contributed by atoms with Gasteiger partial charge in [-0.25, -0.2) is 4.79 Å². The normalized spacial score (nSPS) is 21.9. The predicted molar refractivity (Wildman–Crippen MR) is 49.3 cm³/mol. The molecule has 13 heavy (non-hydrogen) atoms. The Hall–Kier alpha value is -1.25. The Morgan fingerprint density at radius 2 is 2.38 bits per heavy atom. The summed E-state index contributed by atoms with van der Waals surface area (Å²) < 4.78 is 4.97. The minimum atomic E-state index is -0.424. The average molecular weight is 182 g/mol. The van der Waals surface area contributed by atoms with Crippen LogP contribution in [0.5, 0.6) is 0 Å². The topological polar surface area (TPSA) is 46.5 Å². The number of carbonyl (C=O) groups is 1. The molecule has 0 saturated heterocycles. The molecule has 0 saturated carbocycles. The van der Waals surface area contributed by atoms with Crippen molar-refractivity contribution in [2.45, 2.75) is 32.3 Å². The van der Waals surface area contributed by atoms with E-state index in [2.05, 4.69) is 6.58 Å². The van der Waals surface area contributed by atoms with Crippen LogP contribution in [0.1, 0.15) is 26.2 Å². The van der Waals surface area contributed by atoms with E-state index in [1.54, 1.807) is 6.08 Å². The summed E-state index contributed by atoms with van der Waals surface area (Å²) in [6.45, 7) is 5.49. The first-order valence-electron chi connectivity index (χ1n) is 4.44. The van der Waals surface area contributed by atoms with Crippen LogP contribution in [0.15, 0.2) is 24.0 Å². The molecule has 0 aromatic heterocycles. The Morgan fingerprint density at radius 1 is 1.69 bits per heavy atom. The molecule has 0 aromatic rings. The van der Waals surface area contributed by atoms with Crippen molar-refractivity contribution >= 4 is 5.97 Å². The van der Waals surface area contributed by atoms with Crippen LogP contribution < -0.4 is 0 Å². The molecule has 1 rings (SSSR count). The van der Waals surface area contributed by atoms with E-state index < -0.39 is 12.1 Å².